The molecule has 1 aromatic carbocycles. The molecule has 8 nitrogen and oxygen atoms in total. The lowest BCUT2D eigenvalue weighted by Gasteiger charge is -2.15. The molecule has 2 heterocycles. The molecule has 2 aromatic rings. The van der Waals surface area contributed by atoms with Crippen molar-refractivity contribution in [2.75, 3.05) is 18.4 Å². The summed E-state index contributed by atoms with van der Waals surface area (Å²) in [6, 6.07) is 8.60. The van der Waals surface area contributed by atoms with Crippen LogP contribution in [0.25, 0.3) is 0 Å². The second-order valence-electron chi connectivity index (χ2n) is 5.77. The maximum atomic E-state index is 12.5. The number of nitrogens with one attached hydrogen (secondary N) is 1. The zero-order valence-corrected chi connectivity index (χ0v) is 14.5. The minimum absolute atomic E-state index is 0.0934. The predicted octanol–water partition coefficient (Wildman–Crippen LogP) is 0.817. The predicted molar refractivity (Wildman–Crippen MR) is 91.9 cm³/mol. The molecule has 0 radical (unpaired) electrons. The molecule has 1 aromatic heterocycles. The number of aryl methyl sites for hydroxylation is 1. The summed E-state index contributed by atoms with van der Waals surface area (Å²) in [7, 11) is -2.02. The second-order valence-corrected chi connectivity index (χ2v) is 7.71. The molecule has 25 heavy (non-hydrogen) atoms. The molecule has 1 amide bonds. The fourth-order valence-electron chi connectivity index (χ4n) is 2.61. The first-order valence-corrected chi connectivity index (χ1v) is 9.28. The minimum atomic E-state index is -3.48. The Bertz CT molecular complexity index is 945. The van der Waals surface area contributed by atoms with Crippen LogP contribution in [0.5, 0.6) is 0 Å². The molecule has 1 aliphatic rings. The summed E-state index contributed by atoms with van der Waals surface area (Å²) in [4.78, 5) is 23.7. The number of benzene rings is 1. The van der Waals surface area contributed by atoms with Gasteiger partial charge < -0.3 is 5.32 Å². The Morgan fingerprint density at radius 3 is 2.32 bits per heavy atom. The van der Waals surface area contributed by atoms with Gasteiger partial charge in [-0.2, -0.15) is 9.40 Å². The highest BCUT2D eigenvalue weighted by Gasteiger charge is 2.26. The summed E-state index contributed by atoms with van der Waals surface area (Å²) in [6.45, 7) is 1.08. The third kappa shape index (κ3) is 3.62. The lowest BCUT2D eigenvalue weighted by molar-refractivity contribution is 0.102. The van der Waals surface area contributed by atoms with Crippen LogP contribution in [0.2, 0.25) is 0 Å². The fraction of sp³-hybridized carbons (Fsp3) is 0.312. The molecule has 1 aliphatic heterocycles. The SMILES string of the molecule is Cn1nc(C(=O)Nc2ccc(S(=O)(=O)N3CCCC3)cc2)ccc1=O. The van der Waals surface area contributed by atoms with E-state index in [9.17, 15) is 18.0 Å². The van der Waals surface area contributed by atoms with Crippen molar-refractivity contribution < 1.29 is 13.2 Å². The highest BCUT2D eigenvalue weighted by molar-refractivity contribution is 7.89. The molecule has 0 spiro atoms. The maximum absolute atomic E-state index is 12.5. The van der Waals surface area contributed by atoms with E-state index in [4.69, 9.17) is 0 Å². The standard InChI is InChI=1S/C16H18N4O4S/c1-19-15(21)9-8-14(18-19)16(22)17-12-4-6-13(7-5-12)25(23,24)20-10-2-3-11-20/h4-9H,2-3,10-11H2,1H3,(H,17,22). The number of rotatable bonds is 4. The van der Waals surface area contributed by atoms with Crippen molar-refractivity contribution >= 4 is 21.6 Å². The van der Waals surface area contributed by atoms with Crippen LogP contribution in [-0.4, -0.2) is 41.5 Å². The molecular formula is C16H18N4O4S. The number of sulfonamides is 1. The summed E-state index contributed by atoms with van der Waals surface area (Å²) >= 11 is 0. The first kappa shape index (κ1) is 17.3. The van der Waals surface area contributed by atoms with Gasteiger partial charge in [0.25, 0.3) is 11.5 Å². The van der Waals surface area contributed by atoms with Crippen molar-refractivity contribution in [2.24, 2.45) is 7.05 Å². The van der Waals surface area contributed by atoms with Crippen molar-refractivity contribution in [2.45, 2.75) is 17.7 Å². The number of carbonyl (C=O) groups is 1. The van der Waals surface area contributed by atoms with Gasteiger partial charge in [-0.25, -0.2) is 13.1 Å². The molecule has 1 fully saturated rings. The molecule has 0 saturated carbocycles. The van der Waals surface area contributed by atoms with Crippen molar-refractivity contribution in [3.8, 4) is 0 Å². The first-order valence-electron chi connectivity index (χ1n) is 7.84. The highest BCUT2D eigenvalue weighted by atomic mass is 32.2. The van der Waals surface area contributed by atoms with Gasteiger partial charge in [-0.15, -0.1) is 0 Å². The molecule has 9 heteroatoms. The summed E-state index contributed by atoms with van der Waals surface area (Å²) < 4.78 is 27.4. The Hall–Kier alpha value is -2.52. The first-order chi connectivity index (χ1) is 11.9. The molecule has 3 rings (SSSR count). The van der Waals surface area contributed by atoms with Gasteiger partial charge in [0.15, 0.2) is 0 Å². The fourth-order valence-corrected chi connectivity index (χ4v) is 4.12. The topological polar surface area (TPSA) is 101 Å². The van der Waals surface area contributed by atoms with E-state index in [0.717, 1.165) is 17.5 Å². The molecule has 132 valence electrons. The van der Waals surface area contributed by atoms with Crippen LogP contribution in [-0.2, 0) is 17.1 Å². The summed E-state index contributed by atoms with van der Waals surface area (Å²) in [6.07, 6.45) is 1.75. The van der Waals surface area contributed by atoms with Crippen molar-refractivity contribution in [3.63, 3.8) is 0 Å². The lowest BCUT2D eigenvalue weighted by atomic mass is 10.3. The van der Waals surface area contributed by atoms with E-state index in [1.165, 1.54) is 47.8 Å². The Balaban J connectivity index is 1.75. The van der Waals surface area contributed by atoms with E-state index in [2.05, 4.69) is 10.4 Å². The van der Waals surface area contributed by atoms with Gasteiger partial charge in [-0.05, 0) is 43.2 Å². The van der Waals surface area contributed by atoms with Crippen molar-refractivity contribution in [1.82, 2.24) is 14.1 Å². The Morgan fingerprint density at radius 2 is 1.72 bits per heavy atom. The number of hydrogen-bond donors (Lipinski definition) is 1. The third-order valence-corrected chi connectivity index (χ3v) is 5.92. The van der Waals surface area contributed by atoms with Crippen LogP contribution in [0.1, 0.15) is 23.3 Å². The van der Waals surface area contributed by atoms with Crippen molar-refractivity contribution in [1.29, 1.82) is 0 Å². The van der Waals surface area contributed by atoms with E-state index in [0.29, 0.717) is 18.8 Å². The van der Waals surface area contributed by atoms with Gasteiger partial charge in [-0.3, -0.25) is 9.59 Å². The van der Waals surface area contributed by atoms with Crippen LogP contribution >= 0.6 is 0 Å². The van der Waals surface area contributed by atoms with Crippen LogP contribution in [0.15, 0.2) is 46.1 Å². The van der Waals surface area contributed by atoms with E-state index in [1.54, 1.807) is 0 Å². The van der Waals surface area contributed by atoms with Crippen molar-refractivity contribution in [3.05, 3.63) is 52.4 Å². The van der Waals surface area contributed by atoms with E-state index in [-0.39, 0.29) is 16.1 Å². The molecule has 1 N–H and O–H groups in total. The number of amides is 1. The summed E-state index contributed by atoms with van der Waals surface area (Å²) in [5.74, 6) is -0.481. The molecule has 0 unspecified atom stereocenters. The molecule has 1 saturated heterocycles. The zero-order valence-electron chi connectivity index (χ0n) is 13.7. The van der Waals surface area contributed by atoms with Gasteiger partial charge in [0.1, 0.15) is 5.69 Å². The maximum Gasteiger partial charge on any atom is 0.276 e. The molecule has 0 bridgehead atoms. The quantitative estimate of drug-likeness (QED) is 0.868. The van der Waals surface area contributed by atoms with Crippen LogP contribution in [0.3, 0.4) is 0 Å². The largest absolute Gasteiger partial charge is 0.321 e. The normalized spacial score (nSPS) is 15.2. The second kappa shape index (κ2) is 6.77. The average Bonchev–Trinajstić information content (AvgIpc) is 3.13. The number of hydrogen-bond acceptors (Lipinski definition) is 5. The zero-order chi connectivity index (χ0) is 18.0. The van der Waals surface area contributed by atoms with E-state index in [1.807, 2.05) is 0 Å². The number of aromatic nitrogens is 2. The Labute approximate surface area is 145 Å². The third-order valence-electron chi connectivity index (χ3n) is 4.01. The highest BCUT2D eigenvalue weighted by Crippen LogP contribution is 2.22. The average molecular weight is 362 g/mol. The van der Waals surface area contributed by atoms with Gasteiger partial charge >= 0.3 is 0 Å². The summed E-state index contributed by atoms with van der Waals surface area (Å²) in [5, 5.41) is 6.50. The number of anilines is 1. The number of nitrogens with zero attached hydrogens (tertiary/aromatic N) is 3. The van der Waals surface area contributed by atoms with E-state index >= 15 is 0 Å². The molecule has 0 aliphatic carbocycles. The summed E-state index contributed by atoms with van der Waals surface area (Å²) in [5.41, 5.74) is 0.227. The molecular weight excluding hydrogens is 344 g/mol. The minimum Gasteiger partial charge on any atom is -0.321 e. The Kier molecular flexibility index (Phi) is 4.69. The van der Waals surface area contributed by atoms with Crippen LogP contribution in [0.4, 0.5) is 5.69 Å². The van der Waals surface area contributed by atoms with Crippen LogP contribution < -0.4 is 10.9 Å². The van der Waals surface area contributed by atoms with Gasteiger partial charge in [0, 0.05) is 31.9 Å². The Morgan fingerprint density at radius 1 is 1.08 bits per heavy atom. The van der Waals surface area contributed by atoms with Gasteiger partial charge in [0.05, 0.1) is 4.90 Å². The molecule has 0 atom stereocenters. The monoisotopic (exact) mass is 362 g/mol. The number of carbonyl (C=O) groups excluding carboxylic acids is 1. The van der Waals surface area contributed by atoms with E-state index < -0.39 is 15.9 Å². The van der Waals surface area contributed by atoms with Crippen LogP contribution in [0, 0.1) is 0 Å². The lowest BCUT2D eigenvalue weighted by Crippen LogP contribution is -2.27. The van der Waals surface area contributed by atoms with Gasteiger partial charge in [-0.1, -0.05) is 0 Å². The van der Waals surface area contributed by atoms with Gasteiger partial charge in [0.2, 0.25) is 10.0 Å². The smallest absolute Gasteiger partial charge is 0.276 e.